The molecule has 35 heavy (non-hydrogen) atoms. The monoisotopic (exact) mass is 514 g/mol. The SMILES string of the molecule is O=C(Nc1cc([N+](=O)[O-])ccc1Cl)c1ccc(CN2CCN(S(=O)(=O)c3ccccc3)CC2)cc1. The van der Waals surface area contributed by atoms with E-state index in [0.29, 0.717) is 43.2 Å². The summed E-state index contributed by atoms with van der Waals surface area (Å²) in [5, 5.41) is 13.8. The van der Waals surface area contributed by atoms with Crippen molar-refractivity contribution in [3.63, 3.8) is 0 Å². The highest BCUT2D eigenvalue weighted by Gasteiger charge is 2.28. The van der Waals surface area contributed by atoms with Gasteiger partial charge in [0.2, 0.25) is 10.0 Å². The van der Waals surface area contributed by atoms with E-state index in [9.17, 15) is 23.3 Å². The number of nitrogens with one attached hydrogen (secondary N) is 1. The quantitative estimate of drug-likeness (QED) is 0.376. The van der Waals surface area contributed by atoms with Gasteiger partial charge in [-0.1, -0.05) is 41.9 Å². The number of non-ortho nitro benzene ring substituents is 1. The maximum Gasteiger partial charge on any atom is 0.271 e. The Morgan fingerprint density at radius 3 is 2.26 bits per heavy atom. The van der Waals surface area contributed by atoms with Gasteiger partial charge in [-0.25, -0.2) is 8.42 Å². The zero-order chi connectivity index (χ0) is 25.0. The van der Waals surface area contributed by atoms with Crippen molar-refractivity contribution in [1.29, 1.82) is 0 Å². The molecule has 1 saturated heterocycles. The van der Waals surface area contributed by atoms with Crippen LogP contribution in [0.3, 0.4) is 0 Å². The Balaban J connectivity index is 1.33. The van der Waals surface area contributed by atoms with E-state index in [-0.39, 0.29) is 16.4 Å². The molecule has 9 nitrogen and oxygen atoms in total. The molecule has 0 atom stereocenters. The molecule has 0 unspecified atom stereocenters. The normalized spacial score (nSPS) is 15.0. The molecule has 0 bridgehead atoms. The van der Waals surface area contributed by atoms with E-state index in [1.165, 1.54) is 22.5 Å². The summed E-state index contributed by atoms with van der Waals surface area (Å²) >= 11 is 6.06. The molecule has 3 aromatic carbocycles. The van der Waals surface area contributed by atoms with Crippen LogP contribution in [0.2, 0.25) is 5.02 Å². The van der Waals surface area contributed by atoms with Crippen LogP contribution in [0.1, 0.15) is 15.9 Å². The van der Waals surface area contributed by atoms with E-state index in [1.807, 2.05) is 12.1 Å². The zero-order valence-electron chi connectivity index (χ0n) is 18.6. The molecule has 4 rings (SSSR count). The average molecular weight is 515 g/mol. The fourth-order valence-electron chi connectivity index (χ4n) is 3.81. The molecule has 0 spiro atoms. The number of benzene rings is 3. The molecule has 0 aliphatic carbocycles. The van der Waals surface area contributed by atoms with Gasteiger partial charge in [-0.3, -0.25) is 19.8 Å². The first kappa shape index (κ1) is 24.8. The molecule has 0 radical (unpaired) electrons. The van der Waals surface area contributed by atoms with Crippen LogP contribution in [0, 0.1) is 10.1 Å². The second kappa shape index (κ2) is 10.5. The summed E-state index contributed by atoms with van der Waals surface area (Å²) < 4.78 is 27.1. The Morgan fingerprint density at radius 1 is 0.971 bits per heavy atom. The number of carbonyl (C=O) groups is 1. The summed E-state index contributed by atoms with van der Waals surface area (Å²) in [4.78, 5) is 25.5. The molecule has 1 amide bonds. The number of nitro benzene ring substituents is 1. The second-order valence-corrected chi connectivity index (χ2v) is 10.4. The van der Waals surface area contributed by atoms with Crippen LogP contribution in [0.15, 0.2) is 77.7 Å². The smallest absolute Gasteiger partial charge is 0.271 e. The number of nitrogens with zero attached hydrogens (tertiary/aromatic N) is 3. The summed E-state index contributed by atoms with van der Waals surface area (Å²) in [5.74, 6) is -0.432. The highest BCUT2D eigenvalue weighted by atomic mass is 35.5. The number of rotatable bonds is 7. The predicted octanol–water partition coefficient (Wildman–Crippen LogP) is 4.01. The number of anilines is 1. The Hall–Kier alpha value is -3.31. The van der Waals surface area contributed by atoms with Crippen LogP contribution in [0.4, 0.5) is 11.4 Å². The molecular formula is C24H23ClN4O5S. The van der Waals surface area contributed by atoms with E-state index in [2.05, 4.69) is 10.2 Å². The van der Waals surface area contributed by atoms with Gasteiger partial charge in [0.05, 0.1) is 20.5 Å². The molecule has 1 fully saturated rings. The molecule has 0 aromatic heterocycles. The van der Waals surface area contributed by atoms with Crippen molar-refractivity contribution in [3.8, 4) is 0 Å². The van der Waals surface area contributed by atoms with Crippen molar-refractivity contribution in [1.82, 2.24) is 9.21 Å². The third-order valence-electron chi connectivity index (χ3n) is 5.74. The Morgan fingerprint density at radius 2 is 1.63 bits per heavy atom. The minimum atomic E-state index is -3.49. The number of halogens is 1. The first-order valence-corrected chi connectivity index (χ1v) is 12.7. The highest BCUT2D eigenvalue weighted by Crippen LogP contribution is 2.27. The first-order chi connectivity index (χ1) is 16.7. The average Bonchev–Trinajstić information content (AvgIpc) is 2.86. The van der Waals surface area contributed by atoms with Crippen molar-refractivity contribution in [2.45, 2.75) is 11.4 Å². The second-order valence-electron chi connectivity index (χ2n) is 8.07. The van der Waals surface area contributed by atoms with Crippen LogP contribution < -0.4 is 5.32 Å². The largest absolute Gasteiger partial charge is 0.320 e. The van der Waals surface area contributed by atoms with Gasteiger partial charge in [-0.15, -0.1) is 0 Å². The Labute approximate surface area is 208 Å². The van der Waals surface area contributed by atoms with Gasteiger partial charge in [0.1, 0.15) is 0 Å². The van der Waals surface area contributed by atoms with Crippen LogP contribution >= 0.6 is 11.6 Å². The van der Waals surface area contributed by atoms with Gasteiger partial charge >= 0.3 is 0 Å². The van der Waals surface area contributed by atoms with Gasteiger partial charge in [-0.2, -0.15) is 4.31 Å². The summed E-state index contributed by atoms with van der Waals surface area (Å²) in [6, 6.07) is 19.3. The molecule has 1 aliphatic heterocycles. The van der Waals surface area contributed by atoms with E-state index in [4.69, 9.17) is 11.6 Å². The van der Waals surface area contributed by atoms with Crippen molar-refractivity contribution in [3.05, 3.63) is 99.1 Å². The summed E-state index contributed by atoms with van der Waals surface area (Å²) in [7, 11) is -3.49. The molecule has 1 aliphatic rings. The number of piperazine rings is 1. The van der Waals surface area contributed by atoms with Crippen molar-refractivity contribution in [2.24, 2.45) is 0 Å². The standard InChI is InChI=1S/C24H23ClN4O5S/c25-22-11-10-20(29(31)32)16-23(22)26-24(30)19-8-6-18(7-9-19)17-27-12-14-28(15-13-27)35(33,34)21-4-2-1-3-5-21/h1-11,16H,12-15,17H2,(H,26,30). The highest BCUT2D eigenvalue weighted by molar-refractivity contribution is 7.89. The topological polar surface area (TPSA) is 113 Å². The molecule has 11 heteroatoms. The number of carbonyl (C=O) groups excluding carboxylic acids is 1. The molecule has 1 N–H and O–H groups in total. The Kier molecular flexibility index (Phi) is 7.46. The number of amides is 1. The maximum absolute atomic E-state index is 12.8. The van der Waals surface area contributed by atoms with E-state index >= 15 is 0 Å². The van der Waals surface area contributed by atoms with Crippen LogP contribution in [0.5, 0.6) is 0 Å². The van der Waals surface area contributed by atoms with Gasteiger partial charge in [0.25, 0.3) is 11.6 Å². The third-order valence-corrected chi connectivity index (χ3v) is 7.99. The van der Waals surface area contributed by atoms with Crippen LogP contribution in [0.25, 0.3) is 0 Å². The fraction of sp³-hybridized carbons (Fsp3) is 0.208. The van der Waals surface area contributed by atoms with E-state index < -0.39 is 20.9 Å². The lowest BCUT2D eigenvalue weighted by Crippen LogP contribution is -2.48. The number of hydrogen-bond acceptors (Lipinski definition) is 6. The predicted molar refractivity (Wildman–Crippen MR) is 133 cm³/mol. The zero-order valence-corrected chi connectivity index (χ0v) is 20.2. The number of hydrogen-bond donors (Lipinski definition) is 1. The van der Waals surface area contributed by atoms with Gasteiger partial charge < -0.3 is 5.32 Å². The summed E-state index contributed by atoms with van der Waals surface area (Å²) in [6.45, 7) is 2.63. The molecule has 3 aromatic rings. The van der Waals surface area contributed by atoms with E-state index in [0.717, 1.165) is 5.56 Å². The molecule has 182 valence electrons. The van der Waals surface area contributed by atoms with Gasteiger partial charge in [-0.05, 0) is 35.9 Å². The first-order valence-electron chi connectivity index (χ1n) is 10.9. The molecule has 1 heterocycles. The van der Waals surface area contributed by atoms with E-state index in [1.54, 1.807) is 42.5 Å². The minimum absolute atomic E-state index is 0.165. The Bertz CT molecular complexity index is 1330. The summed E-state index contributed by atoms with van der Waals surface area (Å²) in [5.41, 5.74) is 1.36. The van der Waals surface area contributed by atoms with Crippen molar-refractivity contribution < 1.29 is 18.1 Å². The van der Waals surface area contributed by atoms with Crippen LogP contribution in [-0.2, 0) is 16.6 Å². The molecular weight excluding hydrogens is 492 g/mol. The lowest BCUT2D eigenvalue weighted by atomic mass is 10.1. The lowest BCUT2D eigenvalue weighted by Gasteiger charge is -2.34. The van der Waals surface area contributed by atoms with Crippen molar-refractivity contribution in [2.75, 3.05) is 31.5 Å². The van der Waals surface area contributed by atoms with Crippen molar-refractivity contribution >= 4 is 38.9 Å². The number of nitro groups is 1. The van der Waals surface area contributed by atoms with Crippen LogP contribution in [-0.4, -0.2) is 54.6 Å². The number of sulfonamides is 1. The van der Waals surface area contributed by atoms with Gasteiger partial charge in [0, 0.05) is 50.4 Å². The minimum Gasteiger partial charge on any atom is -0.320 e. The maximum atomic E-state index is 12.8. The fourth-order valence-corrected chi connectivity index (χ4v) is 5.41. The van der Waals surface area contributed by atoms with Gasteiger partial charge in [0.15, 0.2) is 0 Å². The third kappa shape index (κ3) is 5.85. The molecule has 0 saturated carbocycles. The lowest BCUT2D eigenvalue weighted by molar-refractivity contribution is -0.384. The summed E-state index contributed by atoms with van der Waals surface area (Å²) in [6.07, 6.45) is 0.